The summed E-state index contributed by atoms with van der Waals surface area (Å²) in [4.78, 5) is 24.1. The zero-order valence-corrected chi connectivity index (χ0v) is 13.5. The summed E-state index contributed by atoms with van der Waals surface area (Å²) in [6.45, 7) is -1.24. The Morgan fingerprint density at radius 3 is 2.32 bits per heavy atom. The van der Waals surface area contributed by atoms with Crippen LogP contribution in [0.25, 0.3) is 0 Å². The molecule has 25 heavy (non-hydrogen) atoms. The highest BCUT2D eigenvalue weighted by atomic mass is 19.3. The van der Waals surface area contributed by atoms with Gasteiger partial charge in [-0.15, -0.1) is 0 Å². The molecule has 2 aromatic carbocycles. The quantitative estimate of drug-likeness (QED) is 0.813. The zero-order valence-electron chi connectivity index (χ0n) is 13.5. The van der Waals surface area contributed by atoms with Crippen molar-refractivity contribution in [3.05, 3.63) is 59.2 Å². The fourth-order valence-corrected chi connectivity index (χ4v) is 2.08. The van der Waals surface area contributed by atoms with Crippen LogP contribution in [0, 0.1) is 6.92 Å². The molecule has 2 N–H and O–H groups in total. The first-order valence-corrected chi connectivity index (χ1v) is 7.21. The van der Waals surface area contributed by atoms with Gasteiger partial charge in [-0.2, -0.15) is 8.78 Å². The van der Waals surface area contributed by atoms with Crippen molar-refractivity contribution >= 4 is 11.8 Å². The number of ether oxygens (including phenoxy) is 2. The van der Waals surface area contributed by atoms with Crippen molar-refractivity contribution in [3.63, 3.8) is 0 Å². The van der Waals surface area contributed by atoms with Crippen LogP contribution in [0.15, 0.2) is 42.5 Å². The van der Waals surface area contributed by atoms with Crippen molar-refractivity contribution in [3.8, 4) is 11.5 Å². The second-order valence-electron chi connectivity index (χ2n) is 4.97. The molecule has 0 aliphatic carbocycles. The van der Waals surface area contributed by atoms with Gasteiger partial charge < -0.3 is 9.47 Å². The number of rotatable bonds is 5. The number of aryl methyl sites for hydroxylation is 1. The van der Waals surface area contributed by atoms with E-state index in [0.717, 1.165) is 5.56 Å². The van der Waals surface area contributed by atoms with Crippen molar-refractivity contribution in [2.45, 2.75) is 13.5 Å². The van der Waals surface area contributed by atoms with Gasteiger partial charge in [0, 0.05) is 11.1 Å². The SMILES string of the molecule is COc1cc(C(=O)NNC(=O)c2ccccc2C)ccc1OC(F)F. The maximum absolute atomic E-state index is 12.3. The summed E-state index contributed by atoms with van der Waals surface area (Å²) >= 11 is 0. The molecule has 0 aromatic heterocycles. The molecule has 2 rings (SSSR count). The zero-order chi connectivity index (χ0) is 18.4. The second kappa shape index (κ2) is 8.09. The number of alkyl halides is 2. The molecule has 0 spiro atoms. The van der Waals surface area contributed by atoms with Crippen LogP contribution in [-0.2, 0) is 0 Å². The standard InChI is InChI=1S/C17H16F2N2O4/c1-10-5-3-4-6-12(10)16(23)21-20-15(22)11-7-8-13(25-17(18)19)14(9-11)24-2/h3-9,17H,1-2H3,(H,20,22)(H,21,23). The monoisotopic (exact) mass is 350 g/mol. The molecule has 0 aliphatic heterocycles. The van der Waals surface area contributed by atoms with Crippen molar-refractivity contribution in [2.75, 3.05) is 7.11 Å². The van der Waals surface area contributed by atoms with E-state index in [-0.39, 0.29) is 17.1 Å². The smallest absolute Gasteiger partial charge is 0.387 e. The summed E-state index contributed by atoms with van der Waals surface area (Å²) in [5.41, 5.74) is 5.82. The van der Waals surface area contributed by atoms with Crippen LogP contribution in [0.1, 0.15) is 26.3 Å². The number of carbonyl (C=O) groups is 2. The van der Waals surface area contributed by atoms with Gasteiger partial charge in [-0.05, 0) is 36.8 Å². The first-order valence-electron chi connectivity index (χ1n) is 7.21. The van der Waals surface area contributed by atoms with E-state index in [4.69, 9.17) is 4.74 Å². The Labute approximate surface area is 142 Å². The summed E-state index contributed by atoms with van der Waals surface area (Å²) in [7, 11) is 1.26. The van der Waals surface area contributed by atoms with Crippen LogP contribution in [0.2, 0.25) is 0 Å². The van der Waals surface area contributed by atoms with Gasteiger partial charge in [-0.1, -0.05) is 18.2 Å². The molecule has 6 nitrogen and oxygen atoms in total. The number of hydrogen-bond acceptors (Lipinski definition) is 4. The fourth-order valence-electron chi connectivity index (χ4n) is 2.08. The maximum Gasteiger partial charge on any atom is 0.387 e. The number of carbonyl (C=O) groups excluding carboxylic acids is 2. The first kappa shape index (κ1) is 18.2. The van der Waals surface area contributed by atoms with Crippen molar-refractivity contribution < 1.29 is 27.8 Å². The van der Waals surface area contributed by atoms with E-state index in [1.807, 2.05) is 0 Å². The highest BCUT2D eigenvalue weighted by Gasteiger charge is 2.15. The third kappa shape index (κ3) is 4.66. The normalized spacial score (nSPS) is 10.3. The maximum atomic E-state index is 12.3. The van der Waals surface area contributed by atoms with Crippen LogP contribution < -0.4 is 20.3 Å². The van der Waals surface area contributed by atoms with E-state index in [0.29, 0.717) is 5.56 Å². The topological polar surface area (TPSA) is 76.7 Å². The molecule has 0 saturated heterocycles. The molecule has 0 unspecified atom stereocenters. The minimum atomic E-state index is -3.01. The van der Waals surface area contributed by atoms with Gasteiger partial charge >= 0.3 is 6.61 Å². The van der Waals surface area contributed by atoms with E-state index in [1.165, 1.54) is 25.3 Å². The lowest BCUT2D eigenvalue weighted by molar-refractivity contribution is -0.0512. The molecule has 2 amide bonds. The van der Waals surface area contributed by atoms with Crippen LogP contribution in [0.3, 0.4) is 0 Å². The number of benzene rings is 2. The Hall–Kier alpha value is -3.16. The number of hydrogen-bond donors (Lipinski definition) is 2. The Bertz CT molecular complexity index is 781. The van der Waals surface area contributed by atoms with E-state index < -0.39 is 18.4 Å². The number of methoxy groups -OCH3 is 1. The molecule has 8 heteroatoms. The van der Waals surface area contributed by atoms with Crippen LogP contribution in [0.5, 0.6) is 11.5 Å². The average Bonchev–Trinajstić information content (AvgIpc) is 2.59. The summed E-state index contributed by atoms with van der Waals surface area (Å²) in [6.07, 6.45) is 0. The van der Waals surface area contributed by atoms with Gasteiger partial charge in [0.2, 0.25) is 0 Å². The highest BCUT2D eigenvalue weighted by Crippen LogP contribution is 2.29. The minimum Gasteiger partial charge on any atom is -0.493 e. The molecule has 2 aromatic rings. The number of halogens is 2. The molecule has 0 saturated carbocycles. The van der Waals surface area contributed by atoms with E-state index in [2.05, 4.69) is 15.6 Å². The van der Waals surface area contributed by atoms with Gasteiger partial charge in [0.15, 0.2) is 11.5 Å². The van der Waals surface area contributed by atoms with Gasteiger partial charge in [0.25, 0.3) is 11.8 Å². The Balaban J connectivity index is 2.06. The Kier molecular flexibility index (Phi) is 5.89. The van der Waals surface area contributed by atoms with E-state index in [1.54, 1.807) is 31.2 Å². The number of nitrogens with one attached hydrogen (secondary N) is 2. The largest absolute Gasteiger partial charge is 0.493 e. The third-order valence-corrected chi connectivity index (χ3v) is 3.32. The van der Waals surface area contributed by atoms with Gasteiger partial charge in [-0.25, -0.2) is 0 Å². The van der Waals surface area contributed by atoms with Crippen molar-refractivity contribution in [1.29, 1.82) is 0 Å². The molecule has 0 atom stereocenters. The summed E-state index contributed by atoms with van der Waals surface area (Å²) < 4.78 is 33.8. The van der Waals surface area contributed by atoms with Gasteiger partial charge in [0.1, 0.15) is 0 Å². The molecule has 0 fully saturated rings. The predicted molar refractivity (Wildman–Crippen MR) is 85.7 cm³/mol. The van der Waals surface area contributed by atoms with Crippen LogP contribution >= 0.6 is 0 Å². The molecule has 0 radical (unpaired) electrons. The lowest BCUT2D eigenvalue weighted by atomic mass is 10.1. The fraction of sp³-hybridized carbons (Fsp3) is 0.176. The Morgan fingerprint density at radius 2 is 1.68 bits per heavy atom. The lowest BCUT2D eigenvalue weighted by Gasteiger charge is -2.12. The highest BCUT2D eigenvalue weighted by molar-refractivity contribution is 6.00. The van der Waals surface area contributed by atoms with Gasteiger partial charge in [-0.3, -0.25) is 20.4 Å². The molecule has 132 valence electrons. The summed E-state index contributed by atoms with van der Waals surface area (Å²) in [5, 5.41) is 0. The molecule has 0 aliphatic rings. The first-order chi connectivity index (χ1) is 11.9. The molecule has 0 bridgehead atoms. The Morgan fingerprint density at radius 1 is 1.00 bits per heavy atom. The third-order valence-electron chi connectivity index (χ3n) is 3.32. The summed E-state index contributed by atoms with van der Waals surface area (Å²) in [5.74, 6) is -1.34. The minimum absolute atomic E-state index is 0.0295. The predicted octanol–water partition coefficient (Wildman–Crippen LogP) is 2.68. The van der Waals surface area contributed by atoms with Gasteiger partial charge in [0.05, 0.1) is 7.11 Å². The molecule has 0 heterocycles. The van der Waals surface area contributed by atoms with E-state index >= 15 is 0 Å². The lowest BCUT2D eigenvalue weighted by Crippen LogP contribution is -2.41. The van der Waals surface area contributed by atoms with Crippen LogP contribution in [-0.4, -0.2) is 25.5 Å². The molecular formula is C17H16F2N2O4. The molecular weight excluding hydrogens is 334 g/mol. The second-order valence-corrected chi connectivity index (χ2v) is 4.97. The average molecular weight is 350 g/mol. The van der Waals surface area contributed by atoms with Crippen molar-refractivity contribution in [1.82, 2.24) is 10.9 Å². The number of hydrazine groups is 1. The number of amides is 2. The van der Waals surface area contributed by atoms with Crippen LogP contribution in [0.4, 0.5) is 8.78 Å². The van der Waals surface area contributed by atoms with E-state index in [9.17, 15) is 18.4 Å². The summed E-state index contributed by atoms with van der Waals surface area (Å²) in [6, 6.07) is 10.6. The van der Waals surface area contributed by atoms with Crippen molar-refractivity contribution in [2.24, 2.45) is 0 Å².